The van der Waals surface area contributed by atoms with E-state index in [0.29, 0.717) is 18.2 Å². The Morgan fingerprint density at radius 1 is 1.06 bits per heavy atom. The summed E-state index contributed by atoms with van der Waals surface area (Å²) in [5.74, 6) is 0.332. The minimum Gasteiger partial charge on any atom is -0.371 e. The molecule has 34 heavy (non-hydrogen) atoms. The summed E-state index contributed by atoms with van der Waals surface area (Å²) in [6, 6.07) is 15.1. The summed E-state index contributed by atoms with van der Waals surface area (Å²) < 4.78 is 22.1. The van der Waals surface area contributed by atoms with E-state index in [-0.39, 0.29) is 5.82 Å². The Kier molecular flexibility index (Phi) is 7.58. The highest BCUT2D eigenvalue weighted by Gasteiger charge is 2.26. The number of anilines is 1. The van der Waals surface area contributed by atoms with Crippen molar-refractivity contribution in [3.8, 4) is 11.1 Å². The molecule has 0 saturated carbocycles. The van der Waals surface area contributed by atoms with E-state index in [9.17, 15) is 4.39 Å². The molecule has 0 unspecified atom stereocenters. The highest BCUT2D eigenvalue weighted by molar-refractivity contribution is 6.76. The van der Waals surface area contributed by atoms with Gasteiger partial charge in [0, 0.05) is 50.6 Å². The number of ether oxygens (including phenoxy) is 1. The molecule has 4 nitrogen and oxygen atoms in total. The van der Waals surface area contributed by atoms with Gasteiger partial charge in [0.1, 0.15) is 12.5 Å². The molecule has 3 aromatic rings. The third-order valence-electron chi connectivity index (χ3n) is 6.89. The molecule has 2 aromatic carbocycles. The first-order valence-electron chi connectivity index (χ1n) is 12.4. The fourth-order valence-corrected chi connectivity index (χ4v) is 5.62. The largest absolute Gasteiger partial charge is 0.371 e. The lowest BCUT2D eigenvalue weighted by atomic mass is 9.91. The van der Waals surface area contributed by atoms with Crippen LogP contribution in [0, 0.1) is 19.7 Å². The summed E-state index contributed by atoms with van der Waals surface area (Å²) in [6.07, 6.45) is 4.11. The Hall–Kier alpha value is -2.44. The summed E-state index contributed by atoms with van der Waals surface area (Å²) >= 11 is 0. The first-order chi connectivity index (χ1) is 16.2. The minimum absolute atomic E-state index is 0.154. The van der Waals surface area contributed by atoms with E-state index >= 15 is 0 Å². The van der Waals surface area contributed by atoms with Gasteiger partial charge in [-0.15, -0.1) is 0 Å². The summed E-state index contributed by atoms with van der Waals surface area (Å²) in [7, 11) is -1.09. The Balaban J connectivity index is 1.44. The second-order valence-electron chi connectivity index (χ2n) is 10.8. The average molecular weight is 480 g/mol. The number of rotatable bonds is 8. The third kappa shape index (κ3) is 5.78. The fraction of sp³-hybridized carbons (Fsp3) is 0.464. The van der Waals surface area contributed by atoms with Gasteiger partial charge in [-0.25, -0.2) is 9.37 Å². The Morgan fingerprint density at radius 2 is 1.79 bits per heavy atom. The van der Waals surface area contributed by atoms with Crippen molar-refractivity contribution in [2.75, 3.05) is 24.6 Å². The molecule has 182 valence electrons. The molecule has 1 aliphatic rings. The van der Waals surface area contributed by atoms with Gasteiger partial charge in [-0.2, -0.15) is 0 Å². The standard InChI is InChI=1S/C28H38FN3OSi/c1-21-18-24(10-11-26(21)29)25-8-6-7-9-27(25)31-14-12-23(13-15-31)28-22(2)30-19-32(28)20-33-16-17-34(3,4)5/h6-11,18-19,23H,12-17,20H2,1-5H3. The van der Waals surface area contributed by atoms with Crippen LogP contribution < -0.4 is 4.90 Å². The van der Waals surface area contributed by atoms with Crippen molar-refractivity contribution in [3.63, 3.8) is 0 Å². The van der Waals surface area contributed by atoms with E-state index < -0.39 is 8.07 Å². The molecule has 1 saturated heterocycles. The van der Waals surface area contributed by atoms with Crippen molar-refractivity contribution >= 4 is 13.8 Å². The van der Waals surface area contributed by atoms with Crippen LogP contribution in [0.2, 0.25) is 25.7 Å². The molecule has 0 radical (unpaired) electrons. The lowest BCUT2D eigenvalue weighted by Crippen LogP contribution is -2.34. The van der Waals surface area contributed by atoms with Gasteiger partial charge in [-0.1, -0.05) is 43.9 Å². The van der Waals surface area contributed by atoms with E-state index in [1.807, 2.05) is 25.4 Å². The first kappa shape index (κ1) is 24.7. The molecule has 0 amide bonds. The van der Waals surface area contributed by atoms with Crippen molar-refractivity contribution in [3.05, 3.63) is 71.6 Å². The molecule has 0 spiro atoms. The summed E-state index contributed by atoms with van der Waals surface area (Å²) in [5.41, 5.74) is 6.60. The minimum atomic E-state index is -1.09. The molecule has 1 fully saturated rings. The Bertz CT molecular complexity index is 1110. The van der Waals surface area contributed by atoms with Crippen LogP contribution in [-0.2, 0) is 11.5 Å². The quantitative estimate of drug-likeness (QED) is 0.257. The number of piperidine rings is 1. The maximum Gasteiger partial charge on any atom is 0.126 e. The highest BCUT2D eigenvalue weighted by Crippen LogP contribution is 2.37. The van der Waals surface area contributed by atoms with Crippen molar-refractivity contribution < 1.29 is 9.13 Å². The van der Waals surface area contributed by atoms with Gasteiger partial charge in [0.15, 0.2) is 0 Å². The smallest absolute Gasteiger partial charge is 0.126 e. The normalized spacial score (nSPS) is 15.2. The number of nitrogens with zero attached hydrogens (tertiary/aromatic N) is 3. The lowest BCUT2D eigenvalue weighted by molar-refractivity contribution is 0.0841. The van der Waals surface area contributed by atoms with E-state index in [2.05, 4.69) is 65.3 Å². The number of aryl methyl sites for hydroxylation is 2. The zero-order chi connectivity index (χ0) is 24.3. The number of imidazole rings is 1. The van der Waals surface area contributed by atoms with Crippen LogP contribution in [0.25, 0.3) is 11.1 Å². The number of benzene rings is 2. The molecule has 0 N–H and O–H groups in total. The van der Waals surface area contributed by atoms with Gasteiger partial charge in [-0.3, -0.25) is 0 Å². The van der Waals surface area contributed by atoms with E-state index in [0.717, 1.165) is 43.8 Å². The van der Waals surface area contributed by atoms with Crippen LogP contribution in [-0.4, -0.2) is 37.3 Å². The van der Waals surface area contributed by atoms with Crippen molar-refractivity contribution in [1.29, 1.82) is 0 Å². The molecule has 4 rings (SSSR count). The van der Waals surface area contributed by atoms with Gasteiger partial charge < -0.3 is 14.2 Å². The van der Waals surface area contributed by atoms with Crippen molar-refractivity contribution in [2.24, 2.45) is 0 Å². The Morgan fingerprint density at radius 3 is 2.50 bits per heavy atom. The molecule has 2 heterocycles. The predicted molar refractivity (Wildman–Crippen MR) is 142 cm³/mol. The van der Waals surface area contributed by atoms with E-state index in [1.54, 1.807) is 6.07 Å². The molecule has 0 aliphatic carbocycles. The van der Waals surface area contributed by atoms with Gasteiger partial charge in [-0.05, 0) is 62.1 Å². The SMILES string of the molecule is Cc1cc(-c2ccccc2N2CCC(c3c(C)ncn3COCC[Si](C)(C)C)CC2)ccc1F. The monoisotopic (exact) mass is 479 g/mol. The number of aromatic nitrogens is 2. The van der Waals surface area contributed by atoms with Gasteiger partial charge >= 0.3 is 0 Å². The van der Waals surface area contributed by atoms with Crippen molar-refractivity contribution in [1.82, 2.24) is 9.55 Å². The molecule has 1 aromatic heterocycles. The third-order valence-corrected chi connectivity index (χ3v) is 8.60. The van der Waals surface area contributed by atoms with Crippen LogP contribution in [0.4, 0.5) is 10.1 Å². The number of hydrogen-bond donors (Lipinski definition) is 0. The molecular formula is C28H38FN3OSi. The molecule has 1 aliphatic heterocycles. The second kappa shape index (κ2) is 10.4. The van der Waals surface area contributed by atoms with Gasteiger partial charge in [0.2, 0.25) is 0 Å². The number of halogens is 1. The van der Waals surface area contributed by atoms with Crippen LogP contribution in [0.5, 0.6) is 0 Å². The predicted octanol–water partition coefficient (Wildman–Crippen LogP) is 7.00. The summed E-state index contributed by atoms with van der Waals surface area (Å²) in [6.45, 7) is 14.5. The van der Waals surface area contributed by atoms with Crippen LogP contribution in [0.3, 0.4) is 0 Å². The summed E-state index contributed by atoms with van der Waals surface area (Å²) in [4.78, 5) is 7.09. The number of hydrogen-bond acceptors (Lipinski definition) is 3. The fourth-order valence-electron chi connectivity index (χ4n) is 4.87. The maximum absolute atomic E-state index is 13.8. The first-order valence-corrected chi connectivity index (χ1v) is 16.1. The lowest BCUT2D eigenvalue weighted by Gasteiger charge is -2.35. The number of para-hydroxylation sites is 1. The molecular weight excluding hydrogens is 441 g/mol. The maximum atomic E-state index is 13.8. The van der Waals surface area contributed by atoms with Crippen molar-refractivity contribution in [2.45, 2.75) is 65.0 Å². The van der Waals surface area contributed by atoms with E-state index in [1.165, 1.54) is 23.0 Å². The van der Waals surface area contributed by atoms with Crippen LogP contribution >= 0.6 is 0 Å². The van der Waals surface area contributed by atoms with Gasteiger partial charge in [0.05, 0.1) is 12.0 Å². The highest BCUT2D eigenvalue weighted by atomic mass is 28.3. The zero-order valence-electron chi connectivity index (χ0n) is 21.3. The molecule has 0 bridgehead atoms. The van der Waals surface area contributed by atoms with E-state index in [4.69, 9.17) is 4.74 Å². The van der Waals surface area contributed by atoms with Gasteiger partial charge in [0.25, 0.3) is 0 Å². The van der Waals surface area contributed by atoms with Crippen LogP contribution in [0.1, 0.15) is 35.7 Å². The summed E-state index contributed by atoms with van der Waals surface area (Å²) in [5, 5.41) is 0. The molecule has 0 atom stereocenters. The topological polar surface area (TPSA) is 30.3 Å². The molecule has 6 heteroatoms. The second-order valence-corrected chi connectivity index (χ2v) is 16.4. The zero-order valence-corrected chi connectivity index (χ0v) is 22.3. The van der Waals surface area contributed by atoms with Crippen LogP contribution in [0.15, 0.2) is 48.8 Å². The average Bonchev–Trinajstić information content (AvgIpc) is 3.18. The Labute approximate surface area is 204 Å².